The van der Waals surface area contributed by atoms with Crippen LogP contribution in [0.5, 0.6) is 0 Å². The van der Waals surface area contributed by atoms with Crippen LogP contribution < -0.4 is 10.6 Å². The van der Waals surface area contributed by atoms with Gasteiger partial charge in [-0.3, -0.25) is 9.80 Å². The summed E-state index contributed by atoms with van der Waals surface area (Å²) in [6.45, 7) is 10.4. The molecule has 8 heterocycles. The Morgan fingerprint density at radius 1 is 0.700 bits per heavy atom. The molecule has 0 amide bonds. The molecule has 14 heteroatoms. The number of hydrogen-bond donors (Lipinski definition) is 2. The van der Waals surface area contributed by atoms with Crippen molar-refractivity contribution in [3.63, 3.8) is 0 Å². The van der Waals surface area contributed by atoms with Gasteiger partial charge >= 0.3 is 0 Å². The van der Waals surface area contributed by atoms with Crippen molar-refractivity contribution in [2.75, 3.05) is 64.2 Å². The number of rotatable bonds is 12. The average molecular weight is 875 g/mol. The number of thiophene rings is 2. The molecule has 6 aromatic heterocycles. The molecule has 2 aromatic carbocycles. The summed E-state index contributed by atoms with van der Waals surface area (Å²) < 4.78 is 13.0. The van der Waals surface area contributed by atoms with Crippen LogP contribution >= 0.6 is 45.3 Å². The van der Waals surface area contributed by atoms with Gasteiger partial charge in [-0.25, -0.2) is 19.9 Å². The average Bonchev–Trinajstić information content (AvgIpc) is 4.10. The molecule has 310 valence electrons. The van der Waals surface area contributed by atoms with Crippen molar-refractivity contribution >= 4 is 115 Å². The maximum atomic E-state index is 5.31. The predicted molar refractivity (Wildman–Crippen MR) is 255 cm³/mol. The van der Waals surface area contributed by atoms with Gasteiger partial charge < -0.3 is 20.1 Å². The molecule has 1 fully saturated rings. The minimum absolute atomic E-state index is 0.380. The summed E-state index contributed by atoms with van der Waals surface area (Å²) in [6.07, 6.45) is 9.73. The van der Waals surface area contributed by atoms with Gasteiger partial charge in [0, 0.05) is 96.2 Å². The minimum Gasteiger partial charge on any atom is -0.383 e. The summed E-state index contributed by atoms with van der Waals surface area (Å²) in [4.78, 5) is 28.2. The first-order valence-electron chi connectivity index (χ1n) is 20.6. The molecule has 2 aliphatic heterocycles. The van der Waals surface area contributed by atoms with Crippen molar-refractivity contribution in [2.45, 2.75) is 51.1 Å². The van der Waals surface area contributed by atoms with Gasteiger partial charge in [-0.2, -0.15) is 0 Å². The zero-order chi connectivity index (χ0) is 41.0. The van der Waals surface area contributed by atoms with Crippen molar-refractivity contribution in [1.29, 1.82) is 0 Å². The van der Waals surface area contributed by atoms with Gasteiger partial charge in [0.1, 0.15) is 9.66 Å². The van der Waals surface area contributed by atoms with Crippen molar-refractivity contribution in [3.05, 3.63) is 99.9 Å². The highest BCUT2D eigenvalue weighted by atomic mass is 32.1. The Morgan fingerprint density at radius 2 is 1.32 bits per heavy atom. The quantitative estimate of drug-likeness (QED) is 0.123. The highest BCUT2D eigenvalue weighted by Crippen LogP contribution is 2.41. The van der Waals surface area contributed by atoms with Crippen LogP contribution in [0, 0.1) is 0 Å². The van der Waals surface area contributed by atoms with Gasteiger partial charge in [0.2, 0.25) is 0 Å². The fourth-order valence-corrected chi connectivity index (χ4v) is 12.2. The Kier molecular flexibility index (Phi) is 12.8. The summed E-state index contributed by atoms with van der Waals surface area (Å²) in [5.74, 6) is 0.550. The summed E-state index contributed by atoms with van der Waals surface area (Å²) in [6, 6.07) is 22.4. The van der Waals surface area contributed by atoms with Gasteiger partial charge in [0.15, 0.2) is 0 Å². The van der Waals surface area contributed by atoms with Crippen LogP contribution in [0.15, 0.2) is 90.2 Å². The topological polar surface area (TPSA) is 101 Å². The lowest BCUT2D eigenvalue weighted by atomic mass is 9.88. The van der Waals surface area contributed by atoms with E-state index in [9.17, 15) is 0 Å². The number of nitrogens with zero attached hydrogens (tertiary/aromatic N) is 6. The highest BCUT2D eigenvalue weighted by Gasteiger charge is 2.30. The molecule has 0 spiro atoms. The van der Waals surface area contributed by atoms with Gasteiger partial charge in [-0.05, 0) is 106 Å². The maximum Gasteiger partial charge on any atom is 0.125 e. The number of benzene rings is 2. The first-order valence-corrected chi connectivity index (χ1v) is 24.0. The number of pyridine rings is 2. The lowest BCUT2D eigenvalue weighted by molar-refractivity contribution is 0.0924. The third-order valence-electron chi connectivity index (χ3n) is 11.8. The Morgan fingerprint density at radius 3 is 1.97 bits per heavy atom. The van der Waals surface area contributed by atoms with Gasteiger partial charge in [0.05, 0.1) is 56.0 Å². The van der Waals surface area contributed by atoms with E-state index >= 15 is 0 Å². The zero-order valence-electron chi connectivity index (χ0n) is 34.4. The molecule has 0 bridgehead atoms. The van der Waals surface area contributed by atoms with Crippen molar-refractivity contribution in [2.24, 2.45) is 0 Å². The summed E-state index contributed by atoms with van der Waals surface area (Å²) in [5, 5.41) is 9.55. The number of piperidine rings is 1. The molecule has 3 unspecified atom stereocenters. The number of thiazole rings is 2. The summed E-state index contributed by atoms with van der Waals surface area (Å²) in [7, 11) is 3.55. The van der Waals surface area contributed by atoms with E-state index in [2.05, 4.69) is 115 Å². The normalized spacial score (nSPS) is 18.9. The Balaban J connectivity index is 0.000000154. The molecule has 0 radical (unpaired) electrons. The molecule has 2 N–H and O–H groups in total. The summed E-state index contributed by atoms with van der Waals surface area (Å²) in [5.41, 5.74) is 11.5. The van der Waals surface area contributed by atoms with E-state index in [1.807, 2.05) is 40.8 Å². The first kappa shape index (κ1) is 41.0. The second-order valence-corrected chi connectivity index (χ2v) is 19.3. The SMILES string of the molecule is COCCN1CCC=C(c2cc3c(Nc4ccc5scnc5c4)ccnc3s2)C1C.COCCN1CCCC(c2cc3c(Nc4ccc5scnc5c4)ccnc3s2)C1C. The second-order valence-electron chi connectivity index (χ2n) is 15.4. The molecule has 1 saturated heterocycles. The Labute approximate surface area is 366 Å². The summed E-state index contributed by atoms with van der Waals surface area (Å²) >= 11 is 6.95. The van der Waals surface area contributed by atoms with Crippen LogP contribution in [-0.4, -0.2) is 95.4 Å². The van der Waals surface area contributed by atoms with E-state index in [1.165, 1.54) is 43.0 Å². The Hall–Kier alpha value is -4.38. The maximum absolute atomic E-state index is 5.31. The molecule has 10 rings (SSSR count). The van der Waals surface area contributed by atoms with Crippen LogP contribution in [0.4, 0.5) is 22.7 Å². The van der Waals surface area contributed by atoms with Crippen LogP contribution in [0.1, 0.15) is 48.8 Å². The van der Waals surface area contributed by atoms with E-state index in [-0.39, 0.29) is 0 Å². The first-order chi connectivity index (χ1) is 29.4. The third kappa shape index (κ3) is 8.84. The van der Waals surface area contributed by atoms with E-state index in [4.69, 9.17) is 9.47 Å². The largest absolute Gasteiger partial charge is 0.383 e. The van der Waals surface area contributed by atoms with Crippen LogP contribution in [0.2, 0.25) is 0 Å². The Bertz CT molecular complexity index is 2740. The van der Waals surface area contributed by atoms with Crippen LogP contribution in [-0.2, 0) is 9.47 Å². The molecule has 8 aromatic rings. The van der Waals surface area contributed by atoms with Crippen molar-refractivity contribution in [3.8, 4) is 0 Å². The number of likely N-dealkylation sites (tertiary alicyclic amines) is 1. The van der Waals surface area contributed by atoms with E-state index in [1.54, 1.807) is 48.2 Å². The van der Waals surface area contributed by atoms with Crippen LogP contribution in [0.3, 0.4) is 0 Å². The molecule has 0 saturated carbocycles. The van der Waals surface area contributed by atoms with E-state index in [0.717, 1.165) is 94.6 Å². The molecule has 3 atom stereocenters. The lowest BCUT2D eigenvalue weighted by Crippen LogP contribution is -2.43. The van der Waals surface area contributed by atoms with Crippen LogP contribution in [0.25, 0.3) is 46.4 Å². The molecule has 60 heavy (non-hydrogen) atoms. The monoisotopic (exact) mass is 874 g/mol. The molecule has 10 nitrogen and oxygen atoms in total. The number of aromatic nitrogens is 4. The second kappa shape index (κ2) is 18.7. The minimum atomic E-state index is 0.380. The van der Waals surface area contributed by atoms with E-state index < -0.39 is 0 Å². The highest BCUT2D eigenvalue weighted by molar-refractivity contribution is 7.20. The molecule has 0 aliphatic carbocycles. The molecular formula is C46H50N8O2S4. The number of ether oxygens (including phenoxy) is 2. The standard InChI is InChI=1S/C23H26N4OS2.C23H24N4OS2/c2*1-15-17(4-3-9-27(15)10-11-28-2)22-13-18-19(7-8-24-23(18)30-22)26-16-5-6-21-20(12-16)25-14-29-21/h5-8,12-15,17H,3-4,9-11H2,1-2H3,(H,24,26);4-8,12-15H,3,9-11H2,1-2H3,(H,24,26). The number of hydrogen-bond acceptors (Lipinski definition) is 14. The van der Waals surface area contributed by atoms with Gasteiger partial charge in [-0.15, -0.1) is 45.3 Å². The lowest BCUT2D eigenvalue weighted by Gasteiger charge is -2.39. The molecular weight excluding hydrogens is 825 g/mol. The smallest absolute Gasteiger partial charge is 0.125 e. The third-order valence-corrected chi connectivity index (χ3v) is 15.7. The number of anilines is 4. The fourth-order valence-electron chi connectivity index (χ4n) is 8.51. The fraction of sp³-hybridized carbons (Fsp3) is 0.348. The number of fused-ring (bicyclic) bond motifs is 4. The van der Waals surface area contributed by atoms with E-state index in [0.29, 0.717) is 18.0 Å². The molecule has 2 aliphatic rings. The number of nitrogens with one attached hydrogen (secondary N) is 2. The van der Waals surface area contributed by atoms with Gasteiger partial charge in [-0.1, -0.05) is 6.08 Å². The zero-order valence-corrected chi connectivity index (χ0v) is 37.7. The van der Waals surface area contributed by atoms with Crippen molar-refractivity contribution in [1.82, 2.24) is 29.7 Å². The van der Waals surface area contributed by atoms with Gasteiger partial charge in [0.25, 0.3) is 0 Å². The number of methoxy groups -OCH3 is 2. The van der Waals surface area contributed by atoms with Crippen molar-refractivity contribution < 1.29 is 9.47 Å². The predicted octanol–water partition coefficient (Wildman–Crippen LogP) is 11.6.